The number of halogens is 5. The SMILES string of the molecule is Cc1nc(C(F)(F)F)ccc1C(=O)Nc1ccn([C@@H]2O[C@H](CO)[C@@H](O)C2(F)F)c(=O)n1. The van der Waals surface area contributed by atoms with Crippen LogP contribution in [-0.4, -0.2) is 55.4 Å². The van der Waals surface area contributed by atoms with Gasteiger partial charge in [0.25, 0.3) is 5.91 Å². The van der Waals surface area contributed by atoms with Gasteiger partial charge < -0.3 is 20.3 Å². The summed E-state index contributed by atoms with van der Waals surface area (Å²) < 4.78 is 71.6. The number of aryl methyl sites for hydroxylation is 1. The topological polar surface area (TPSA) is 127 Å². The van der Waals surface area contributed by atoms with Crippen LogP contribution in [0.5, 0.6) is 0 Å². The van der Waals surface area contributed by atoms with E-state index in [1.165, 1.54) is 6.92 Å². The molecule has 1 aliphatic rings. The molecule has 3 atom stereocenters. The van der Waals surface area contributed by atoms with Crippen molar-refractivity contribution in [3.8, 4) is 0 Å². The molecule has 0 saturated carbocycles. The standard InChI is InChI=1S/C17H15F5N4O5/c1-7-8(2-3-10(23-7)17(20,21)22)13(29)24-11-4-5-26(15(30)25-11)14-16(18,19)12(28)9(6-27)31-14/h2-5,9,12,14,27-28H,6H2,1H3,(H,24,25,29,30)/t9-,12-,14-/m1/s1. The quantitative estimate of drug-likeness (QED) is 0.596. The number of carbonyl (C=O) groups is 1. The Hall–Kier alpha value is -2.97. The van der Waals surface area contributed by atoms with Crippen molar-refractivity contribution in [2.45, 2.75) is 37.5 Å². The first-order chi connectivity index (χ1) is 14.4. The Balaban J connectivity index is 1.81. The van der Waals surface area contributed by atoms with Crippen LogP contribution in [0.2, 0.25) is 0 Å². The number of amides is 1. The number of ether oxygens (including phenoxy) is 1. The number of carbonyl (C=O) groups excluding carboxylic acids is 1. The van der Waals surface area contributed by atoms with Gasteiger partial charge >= 0.3 is 17.8 Å². The van der Waals surface area contributed by atoms with E-state index < -0.39 is 54.4 Å². The molecule has 9 nitrogen and oxygen atoms in total. The number of nitrogens with one attached hydrogen (secondary N) is 1. The lowest BCUT2D eigenvalue weighted by Gasteiger charge is -2.21. The van der Waals surface area contributed by atoms with E-state index in [9.17, 15) is 36.6 Å². The lowest BCUT2D eigenvalue weighted by Crippen LogP contribution is -2.41. The van der Waals surface area contributed by atoms with E-state index in [-0.39, 0.29) is 17.1 Å². The molecule has 0 spiro atoms. The fraction of sp³-hybridized carbons (Fsp3) is 0.412. The van der Waals surface area contributed by atoms with Crippen molar-refractivity contribution >= 4 is 11.7 Å². The molecule has 1 saturated heterocycles. The molecule has 3 rings (SSSR count). The number of aromatic nitrogens is 3. The maximum atomic E-state index is 14.2. The summed E-state index contributed by atoms with van der Waals surface area (Å²) in [5.41, 5.74) is -2.92. The zero-order chi connectivity index (χ0) is 23.1. The third-order valence-electron chi connectivity index (χ3n) is 4.50. The minimum Gasteiger partial charge on any atom is -0.394 e. The zero-order valence-electron chi connectivity index (χ0n) is 15.6. The van der Waals surface area contributed by atoms with Crippen LogP contribution < -0.4 is 11.0 Å². The average Bonchev–Trinajstić information content (AvgIpc) is 2.90. The average molecular weight is 450 g/mol. The Morgan fingerprint density at radius 2 is 1.97 bits per heavy atom. The number of hydrogen-bond acceptors (Lipinski definition) is 7. The highest BCUT2D eigenvalue weighted by atomic mass is 19.4. The Kier molecular flexibility index (Phi) is 5.82. The predicted molar refractivity (Wildman–Crippen MR) is 92.4 cm³/mol. The Bertz CT molecular complexity index is 1060. The molecule has 1 aliphatic heterocycles. The highest BCUT2D eigenvalue weighted by Crippen LogP contribution is 2.42. The molecule has 3 N–H and O–H groups in total. The summed E-state index contributed by atoms with van der Waals surface area (Å²) in [7, 11) is 0. The lowest BCUT2D eigenvalue weighted by atomic mass is 10.1. The molecule has 31 heavy (non-hydrogen) atoms. The number of rotatable bonds is 4. The zero-order valence-corrected chi connectivity index (χ0v) is 15.6. The maximum Gasteiger partial charge on any atom is 0.433 e. The van der Waals surface area contributed by atoms with E-state index in [1.54, 1.807) is 0 Å². The van der Waals surface area contributed by atoms with Crippen molar-refractivity contribution in [1.29, 1.82) is 0 Å². The molecule has 3 heterocycles. The maximum absolute atomic E-state index is 14.2. The number of nitrogens with zero attached hydrogens (tertiary/aromatic N) is 3. The third kappa shape index (κ3) is 4.26. The van der Waals surface area contributed by atoms with Gasteiger partial charge in [0.1, 0.15) is 17.6 Å². The van der Waals surface area contributed by atoms with Crippen LogP contribution in [0.15, 0.2) is 29.2 Å². The van der Waals surface area contributed by atoms with Crippen LogP contribution in [0.1, 0.15) is 28.0 Å². The molecule has 0 aliphatic carbocycles. The summed E-state index contributed by atoms with van der Waals surface area (Å²) in [6, 6.07) is 2.48. The first kappa shape index (κ1) is 22.7. The van der Waals surface area contributed by atoms with Gasteiger partial charge in [-0.25, -0.2) is 9.78 Å². The summed E-state index contributed by atoms with van der Waals surface area (Å²) >= 11 is 0. The summed E-state index contributed by atoms with van der Waals surface area (Å²) in [5, 5.41) is 20.7. The monoisotopic (exact) mass is 450 g/mol. The summed E-state index contributed by atoms with van der Waals surface area (Å²) in [5.74, 6) is -5.21. The van der Waals surface area contributed by atoms with Crippen molar-refractivity contribution in [2.75, 3.05) is 11.9 Å². The number of anilines is 1. The molecule has 0 unspecified atom stereocenters. The minimum atomic E-state index is -4.70. The van der Waals surface area contributed by atoms with Crippen LogP contribution in [0, 0.1) is 6.92 Å². The molecule has 168 valence electrons. The third-order valence-corrected chi connectivity index (χ3v) is 4.50. The number of alkyl halides is 5. The van der Waals surface area contributed by atoms with E-state index in [1.807, 2.05) is 0 Å². The molecule has 2 aromatic rings. The van der Waals surface area contributed by atoms with Gasteiger partial charge in [0, 0.05) is 6.20 Å². The molecule has 2 aromatic heterocycles. The second-order valence-electron chi connectivity index (χ2n) is 6.61. The van der Waals surface area contributed by atoms with Gasteiger partial charge in [0.2, 0.25) is 6.23 Å². The van der Waals surface area contributed by atoms with Crippen molar-refractivity contribution in [3.05, 3.63) is 51.8 Å². The highest BCUT2D eigenvalue weighted by Gasteiger charge is 2.59. The highest BCUT2D eigenvalue weighted by molar-refractivity contribution is 6.04. The van der Waals surface area contributed by atoms with Gasteiger partial charge in [-0.2, -0.15) is 26.9 Å². The molecule has 1 amide bonds. The van der Waals surface area contributed by atoms with Gasteiger partial charge in [-0.1, -0.05) is 0 Å². The molecule has 14 heteroatoms. The van der Waals surface area contributed by atoms with E-state index in [2.05, 4.69) is 15.3 Å². The normalized spacial score (nSPS) is 23.0. The van der Waals surface area contributed by atoms with Gasteiger partial charge in [-0.05, 0) is 25.1 Å². The van der Waals surface area contributed by atoms with Crippen molar-refractivity contribution in [3.63, 3.8) is 0 Å². The first-order valence-electron chi connectivity index (χ1n) is 8.64. The van der Waals surface area contributed by atoms with Gasteiger partial charge in [-0.3, -0.25) is 9.36 Å². The Morgan fingerprint density at radius 3 is 2.48 bits per heavy atom. The number of aliphatic hydroxyl groups excluding tert-OH is 2. The Labute approximate surface area is 170 Å². The van der Waals surface area contributed by atoms with Crippen molar-refractivity contribution < 1.29 is 41.7 Å². The fourth-order valence-corrected chi connectivity index (χ4v) is 2.92. The molecule has 0 radical (unpaired) electrons. The van der Waals surface area contributed by atoms with E-state index in [0.29, 0.717) is 10.6 Å². The lowest BCUT2D eigenvalue weighted by molar-refractivity contribution is -0.141. The predicted octanol–water partition coefficient (Wildman–Crippen LogP) is 1.10. The van der Waals surface area contributed by atoms with Gasteiger partial charge in [-0.15, -0.1) is 0 Å². The first-order valence-corrected chi connectivity index (χ1v) is 8.64. The minimum absolute atomic E-state index is 0.224. The summed E-state index contributed by atoms with van der Waals surface area (Å²) in [6.07, 6.45) is -10.1. The molecule has 0 bridgehead atoms. The van der Waals surface area contributed by atoms with Crippen LogP contribution in [-0.2, 0) is 10.9 Å². The van der Waals surface area contributed by atoms with Gasteiger partial charge in [0.15, 0.2) is 6.10 Å². The molecular formula is C17H15F5N4O5. The molecule has 0 aromatic carbocycles. The molecule has 1 fully saturated rings. The van der Waals surface area contributed by atoms with E-state index >= 15 is 0 Å². The van der Waals surface area contributed by atoms with Crippen LogP contribution in [0.25, 0.3) is 0 Å². The van der Waals surface area contributed by atoms with E-state index in [0.717, 1.165) is 18.3 Å². The number of pyridine rings is 1. The van der Waals surface area contributed by atoms with Gasteiger partial charge in [0.05, 0.1) is 17.9 Å². The van der Waals surface area contributed by atoms with Crippen LogP contribution in [0.4, 0.5) is 27.8 Å². The van der Waals surface area contributed by atoms with Crippen LogP contribution >= 0.6 is 0 Å². The van der Waals surface area contributed by atoms with Crippen molar-refractivity contribution in [2.24, 2.45) is 0 Å². The second-order valence-corrected chi connectivity index (χ2v) is 6.61. The number of hydrogen-bond donors (Lipinski definition) is 3. The Morgan fingerprint density at radius 1 is 1.29 bits per heavy atom. The second kappa shape index (κ2) is 7.94. The van der Waals surface area contributed by atoms with E-state index in [4.69, 9.17) is 9.84 Å². The summed E-state index contributed by atoms with van der Waals surface area (Å²) in [6.45, 7) is 0.266. The summed E-state index contributed by atoms with van der Waals surface area (Å²) in [4.78, 5) is 31.2. The largest absolute Gasteiger partial charge is 0.433 e. The van der Waals surface area contributed by atoms with Crippen molar-refractivity contribution in [1.82, 2.24) is 14.5 Å². The number of aliphatic hydroxyl groups is 2. The van der Waals surface area contributed by atoms with Crippen LogP contribution in [0.3, 0.4) is 0 Å². The smallest absolute Gasteiger partial charge is 0.394 e. The molecular weight excluding hydrogens is 435 g/mol. The fourth-order valence-electron chi connectivity index (χ4n) is 2.92.